The summed E-state index contributed by atoms with van der Waals surface area (Å²) in [5, 5.41) is 3.22. The minimum absolute atomic E-state index is 0.148. The molecule has 0 saturated heterocycles. The van der Waals surface area contributed by atoms with E-state index in [4.69, 9.17) is 0 Å². The summed E-state index contributed by atoms with van der Waals surface area (Å²) in [5.74, 6) is 3.61. The van der Waals surface area contributed by atoms with Crippen molar-refractivity contribution in [2.45, 2.75) is 91.1 Å². The second kappa shape index (κ2) is 7.15. The first-order chi connectivity index (χ1) is 13.2. The van der Waals surface area contributed by atoms with Gasteiger partial charge in [-0.1, -0.05) is 25.5 Å². The van der Waals surface area contributed by atoms with Gasteiger partial charge in [0.1, 0.15) is 0 Å². The summed E-state index contributed by atoms with van der Waals surface area (Å²) in [5.41, 5.74) is 2.64. The summed E-state index contributed by atoms with van der Waals surface area (Å²) in [6.45, 7) is 9.28. The minimum Gasteiger partial charge on any atom is -0.354 e. The second-order valence-corrected chi connectivity index (χ2v) is 11.3. The fourth-order valence-electron chi connectivity index (χ4n) is 8.20. The molecule has 1 amide bonds. The molecule has 3 nitrogen and oxygen atoms in total. The molecule has 4 aliphatic carbocycles. The van der Waals surface area contributed by atoms with Crippen LogP contribution in [-0.4, -0.2) is 37.0 Å². The Morgan fingerprint density at radius 3 is 2.57 bits per heavy atom. The monoisotopic (exact) mass is 386 g/mol. The van der Waals surface area contributed by atoms with Gasteiger partial charge in [-0.2, -0.15) is 0 Å². The molecule has 0 aromatic rings. The fraction of sp³-hybridized carbons (Fsp3) is 0.880. The van der Waals surface area contributed by atoms with E-state index in [1.807, 2.05) is 0 Å². The van der Waals surface area contributed by atoms with Crippen LogP contribution >= 0.6 is 0 Å². The Hall–Kier alpha value is -0.830. The molecule has 3 saturated carbocycles. The van der Waals surface area contributed by atoms with Gasteiger partial charge in [-0.15, -0.1) is 0 Å². The summed E-state index contributed by atoms with van der Waals surface area (Å²) in [6, 6.07) is 0.980. The van der Waals surface area contributed by atoms with Gasteiger partial charge in [-0.3, -0.25) is 4.79 Å². The third-order valence-electron chi connectivity index (χ3n) is 9.94. The van der Waals surface area contributed by atoms with E-state index in [9.17, 15) is 4.79 Å². The quantitative estimate of drug-likeness (QED) is 0.691. The summed E-state index contributed by atoms with van der Waals surface area (Å²) < 4.78 is 0. The number of amides is 1. The van der Waals surface area contributed by atoms with Gasteiger partial charge < -0.3 is 10.2 Å². The number of nitrogens with zero attached hydrogens (tertiary/aromatic N) is 1. The maximum Gasteiger partial charge on any atom is 0.217 e. The normalized spacial score (nSPS) is 46.2. The number of nitrogens with one attached hydrogen (secondary N) is 1. The highest BCUT2D eigenvalue weighted by atomic mass is 16.1. The van der Waals surface area contributed by atoms with Crippen LogP contribution in [0.25, 0.3) is 0 Å². The van der Waals surface area contributed by atoms with E-state index in [2.05, 4.69) is 51.2 Å². The molecule has 4 rings (SSSR count). The van der Waals surface area contributed by atoms with E-state index in [0.29, 0.717) is 22.9 Å². The molecule has 0 spiro atoms. The first kappa shape index (κ1) is 20.4. The highest BCUT2D eigenvalue weighted by Gasteiger charge is 2.59. The van der Waals surface area contributed by atoms with Crippen molar-refractivity contribution in [1.29, 1.82) is 0 Å². The molecule has 1 N–H and O–H groups in total. The van der Waals surface area contributed by atoms with Gasteiger partial charge in [0.15, 0.2) is 0 Å². The molecule has 0 aromatic carbocycles. The molecule has 4 aliphatic rings. The summed E-state index contributed by atoms with van der Waals surface area (Å²) >= 11 is 0. The van der Waals surface area contributed by atoms with Gasteiger partial charge in [0, 0.05) is 19.0 Å². The van der Waals surface area contributed by atoms with Crippen LogP contribution in [-0.2, 0) is 4.79 Å². The number of allylic oxidation sites excluding steroid dienone is 1. The minimum atomic E-state index is 0.148. The van der Waals surface area contributed by atoms with E-state index in [0.717, 1.165) is 23.7 Å². The Morgan fingerprint density at radius 1 is 1.14 bits per heavy atom. The van der Waals surface area contributed by atoms with Gasteiger partial charge in [-0.05, 0) is 107 Å². The van der Waals surface area contributed by atoms with Crippen LogP contribution in [0.2, 0.25) is 0 Å². The third-order valence-corrected chi connectivity index (χ3v) is 9.94. The topological polar surface area (TPSA) is 32.3 Å². The van der Waals surface area contributed by atoms with E-state index in [1.54, 1.807) is 12.5 Å². The van der Waals surface area contributed by atoms with Crippen molar-refractivity contribution in [2.24, 2.45) is 34.5 Å². The third kappa shape index (κ3) is 3.07. The molecule has 158 valence electrons. The number of carbonyl (C=O) groups excluding carboxylic acids is 1. The fourth-order valence-corrected chi connectivity index (χ4v) is 8.20. The van der Waals surface area contributed by atoms with Crippen molar-refractivity contribution in [2.75, 3.05) is 14.1 Å². The van der Waals surface area contributed by atoms with Gasteiger partial charge in [0.05, 0.1) is 0 Å². The van der Waals surface area contributed by atoms with E-state index < -0.39 is 0 Å². The van der Waals surface area contributed by atoms with Crippen LogP contribution in [0.1, 0.15) is 79.1 Å². The van der Waals surface area contributed by atoms with Crippen molar-refractivity contribution in [3.05, 3.63) is 11.6 Å². The average molecular weight is 387 g/mol. The average Bonchev–Trinajstić information content (AvgIpc) is 2.98. The Labute approximate surface area is 172 Å². The van der Waals surface area contributed by atoms with E-state index >= 15 is 0 Å². The molecule has 28 heavy (non-hydrogen) atoms. The Bertz CT molecular complexity index is 655. The molecule has 0 aliphatic heterocycles. The van der Waals surface area contributed by atoms with Crippen LogP contribution in [0.5, 0.6) is 0 Å². The Kier molecular flexibility index (Phi) is 5.22. The number of fused-ring (bicyclic) bond motifs is 5. The molecule has 8 atom stereocenters. The molecule has 0 heterocycles. The molecule has 0 aromatic heterocycles. The number of likely N-dealkylation sites (N-methyl/N-ethyl adjacent to an activating group) is 1. The Balaban J connectivity index is 1.52. The predicted molar refractivity (Wildman–Crippen MR) is 116 cm³/mol. The van der Waals surface area contributed by atoms with Crippen molar-refractivity contribution in [1.82, 2.24) is 10.2 Å². The van der Waals surface area contributed by atoms with E-state index in [-0.39, 0.29) is 5.91 Å². The van der Waals surface area contributed by atoms with Crippen molar-refractivity contribution >= 4 is 5.91 Å². The standard InChI is InChI=1S/C25H42N2O/c1-16(27(5)6)21-9-10-22-20-8-7-18-15-19(26-17(2)28)11-13-24(18,3)23(20)12-14-25(21,22)4/h9,16,18-20,22-23H,7-8,10-15H2,1-6H3,(H,26,28). The first-order valence-corrected chi connectivity index (χ1v) is 11.8. The number of hydrogen-bond acceptors (Lipinski definition) is 2. The van der Waals surface area contributed by atoms with Crippen molar-refractivity contribution in [3.63, 3.8) is 0 Å². The molecular formula is C25H42N2O. The van der Waals surface area contributed by atoms with Gasteiger partial charge in [0.25, 0.3) is 0 Å². The lowest BCUT2D eigenvalue weighted by atomic mass is 9.44. The van der Waals surface area contributed by atoms with Gasteiger partial charge in [-0.25, -0.2) is 0 Å². The van der Waals surface area contributed by atoms with Gasteiger partial charge >= 0.3 is 0 Å². The smallest absolute Gasteiger partial charge is 0.217 e. The Morgan fingerprint density at radius 2 is 1.89 bits per heavy atom. The van der Waals surface area contributed by atoms with Crippen LogP contribution in [0.3, 0.4) is 0 Å². The zero-order valence-corrected chi connectivity index (χ0v) is 19.1. The molecule has 3 heteroatoms. The van der Waals surface area contributed by atoms with Crippen LogP contribution < -0.4 is 5.32 Å². The van der Waals surface area contributed by atoms with Crippen molar-refractivity contribution in [3.8, 4) is 0 Å². The highest BCUT2D eigenvalue weighted by Crippen LogP contribution is 2.66. The SMILES string of the molecule is CC(=O)NC1CCC2(C)C(CCC3C4CC=C(C(C)N(C)C)C4(C)CCC32)C1. The van der Waals surface area contributed by atoms with Crippen LogP contribution in [0, 0.1) is 34.5 Å². The molecule has 0 radical (unpaired) electrons. The van der Waals surface area contributed by atoms with Gasteiger partial charge in [0.2, 0.25) is 5.91 Å². The maximum absolute atomic E-state index is 11.6. The van der Waals surface area contributed by atoms with Crippen LogP contribution in [0.4, 0.5) is 0 Å². The number of rotatable bonds is 3. The zero-order valence-electron chi connectivity index (χ0n) is 19.1. The molecular weight excluding hydrogens is 344 g/mol. The maximum atomic E-state index is 11.6. The lowest BCUT2D eigenvalue weighted by molar-refractivity contribution is -0.123. The largest absolute Gasteiger partial charge is 0.354 e. The second-order valence-electron chi connectivity index (χ2n) is 11.3. The summed E-state index contributed by atoms with van der Waals surface area (Å²) in [7, 11) is 4.46. The zero-order chi connectivity index (χ0) is 20.3. The summed E-state index contributed by atoms with van der Waals surface area (Å²) in [6.07, 6.45) is 13.2. The first-order valence-electron chi connectivity index (χ1n) is 11.8. The number of carbonyl (C=O) groups is 1. The summed E-state index contributed by atoms with van der Waals surface area (Å²) in [4.78, 5) is 13.9. The molecule has 8 unspecified atom stereocenters. The van der Waals surface area contributed by atoms with Crippen LogP contribution in [0.15, 0.2) is 11.6 Å². The molecule has 3 fully saturated rings. The highest BCUT2D eigenvalue weighted by molar-refractivity contribution is 5.73. The van der Waals surface area contributed by atoms with Crippen molar-refractivity contribution < 1.29 is 4.79 Å². The lowest BCUT2D eigenvalue weighted by Gasteiger charge is -2.61. The molecule has 0 bridgehead atoms. The van der Waals surface area contributed by atoms with E-state index in [1.165, 1.54) is 51.4 Å². The lowest BCUT2D eigenvalue weighted by Crippen LogP contribution is -2.55. The predicted octanol–water partition coefficient (Wildman–Crippen LogP) is 5.02. The number of hydrogen-bond donors (Lipinski definition) is 1.